The molecule has 2 atom stereocenters. The number of hydrogen-bond donors (Lipinski definition) is 1. The second-order valence-electron chi connectivity index (χ2n) is 9.84. The van der Waals surface area contributed by atoms with E-state index in [0.29, 0.717) is 41.4 Å². The molecule has 3 aromatic rings. The molecule has 1 fully saturated rings. The fourth-order valence-electron chi connectivity index (χ4n) is 4.21. The molecule has 7 nitrogen and oxygen atoms in total. The summed E-state index contributed by atoms with van der Waals surface area (Å²) in [6.45, 7) is 8.02. The molecule has 1 aromatic heterocycles. The number of hydrogen-bond acceptors (Lipinski definition) is 5. The van der Waals surface area contributed by atoms with E-state index in [-0.39, 0.29) is 11.9 Å². The van der Waals surface area contributed by atoms with Gasteiger partial charge in [0.1, 0.15) is 17.2 Å². The van der Waals surface area contributed by atoms with Crippen molar-refractivity contribution in [3.05, 3.63) is 59.5 Å². The van der Waals surface area contributed by atoms with Crippen molar-refractivity contribution in [2.45, 2.75) is 51.9 Å². The second-order valence-corrected chi connectivity index (χ2v) is 10.2. The number of nitrogens with one attached hydrogen (secondary N) is 1. The Labute approximate surface area is 214 Å². The Balaban J connectivity index is 1.42. The van der Waals surface area contributed by atoms with Gasteiger partial charge >= 0.3 is 6.09 Å². The first-order valence-corrected chi connectivity index (χ1v) is 12.2. The third-order valence-electron chi connectivity index (χ3n) is 5.82. The zero-order chi connectivity index (χ0) is 26.0. The molecule has 2 aromatic carbocycles. The first kappa shape index (κ1) is 25.7. The van der Waals surface area contributed by atoms with E-state index in [0.717, 1.165) is 10.9 Å². The third-order valence-corrected chi connectivity index (χ3v) is 6.13. The van der Waals surface area contributed by atoms with Gasteiger partial charge < -0.3 is 19.7 Å². The Morgan fingerprint density at radius 3 is 2.67 bits per heavy atom. The van der Waals surface area contributed by atoms with Crippen LogP contribution in [0.15, 0.2) is 48.7 Å². The molecule has 2 amide bonds. The summed E-state index contributed by atoms with van der Waals surface area (Å²) < 4.78 is 24.7. The number of nitrogens with zero attached hydrogens (tertiary/aromatic N) is 2. The monoisotopic (exact) mass is 513 g/mol. The zero-order valence-electron chi connectivity index (χ0n) is 20.7. The SMILES string of the molecule is C[C@@H](Oc1ccc2c(-c3ccc(F)cc3Cl)ccnc2c1)C(=O)N1CC[C@@H](NC(=O)OC(C)(C)C)C1. The van der Waals surface area contributed by atoms with Gasteiger partial charge in [0, 0.05) is 36.3 Å². The van der Waals surface area contributed by atoms with Gasteiger partial charge in [0.2, 0.25) is 0 Å². The van der Waals surface area contributed by atoms with Gasteiger partial charge in [-0.05, 0) is 76.1 Å². The number of pyridine rings is 1. The molecular formula is C27H29ClFN3O4. The smallest absolute Gasteiger partial charge is 0.407 e. The molecule has 1 N–H and O–H groups in total. The van der Waals surface area contributed by atoms with Gasteiger partial charge in [-0.15, -0.1) is 0 Å². The number of aromatic nitrogens is 1. The van der Waals surface area contributed by atoms with Gasteiger partial charge in [-0.2, -0.15) is 0 Å². The molecule has 2 heterocycles. The zero-order valence-corrected chi connectivity index (χ0v) is 21.4. The predicted octanol–water partition coefficient (Wildman–Crippen LogP) is 5.59. The standard InChI is InChI=1S/C27H29ClFN3O4/c1-16(25(33)32-12-10-18(15-32)31-26(34)36-27(2,3)4)35-19-6-8-22-20(9-11-30-24(22)14-19)21-7-5-17(29)13-23(21)28/h5-9,11,13-14,16,18H,10,12,15H2,1-4H3,(H,31,34)/t16-,18-/m1/s1. The predicted molar refractivity (Wildman–Crippen MR) is 137 cm³/mol. The Morgan fingerprint density at radius 1 is 1.17 bits per heavy atom. The summed E-state index contributed by atoms with van der Waals surface area (Å²) in [4.78, 5) is 31.1. The van der Waals surface area contributed by atoms with Crippen LogP contribution in [0, 0.1) is 5.82 Å². The van der Waals surface area contributed by atoms with E-state index in [1.165, 1.54) is 12.1 Å². The number of amides is 2. The number of carbonyl (C=O) groups is 2. The molecule has 0 bridgehead atoms. The lowest BCUT2D eigenvalue weighted by molar-refractivity contribution is -0.136. The Kier molecular flexibility index (Phi) is 7.36. The van der Waals surface area contributed by atoms with E-state index >= 15 is 0 Å². The number of carbonyl (C=O) groups excluding carboxylic acids is 2. The Bertz CT molecular complexity index is 1290. The van der Waals surface area contributed by atoms with Gasteiger partial charge in [-0.1, -0.05) is 11.6 Å². The minimum Gasteiger partial charge on any atom is -0.481 e. The highest BCUT2D eigenvalue weighted by Gasteiger charge is 2.31. The van der Waals surface area contributed by atoms with Crippen LogP contribution >= 0.6 is 11.6 Å². The van der Waals surface area contributed by atoms with Crippen LogP contribution in [-0.4, -0.2) is 52.7 Å². The molecule has 1 aliphatic rings. The minimum atomic E-state index is -0.725. The summed E-state index contributed by atoms with van der Waals surface area (Å²) in [5, 5.41) is 3.96. The molecule has 9 heteroatoms. The van der Waals surface area contributed by atoms with Crippen molar-refractivity contribution in [3.8, 4) is 16.9 Å². The summed E-state index contributed by atoms with van der Waals surface area (Å²) in [7, 11) is 0. The molecule has 0 aliphatic carbocycles. The number of rotatable bonds is 5. The van der Waals surface area contributed by atoms with E-state index in [4.69, 9.17) is 21.1 Å². The highest BCUT2D eigenvalue weighted by molar-refractivity contribution is 6.33. The fourth-order valence-corrected chi connectivity index (χ4v) is 4.48. The molecular weight excluding hydrogens is 485 g/mol. The van der Waals surface area contributed by atoms with Crippen LogP contribution in [0.25, 0.3) is 22.0 Å². The maximum Gasteiger partial charge on any atom is 0.407 e. The third kappa shape index (κ3) is 6.05. The van der Waals surface area contributed by atoms with Gasteiger partial charge in [0.05, 0.1) is 16.6 Å². The van der Waals surface area contributed by atoms with E-state index in [1.54, 1.807) is 57.0 Å². The number of likely N-dealkylation sites (tertiary alicyclic amines) is 1. The quantitative estimate of drug-likeness (QED) is 0.481. The molecule has 0 radical (unpaired) electrons. The Morgan fingerprint density at radius 2 is 1.94 bits per heavy atom. The lowest BCUT2D eigenvalue weighted by Gasteiger charge is -2.23. The number of halogens is 2. The molecule has 190 valence electrons. The van der Waals surface area contributed by atoms with E-state index < -0.39 is 23.6 Å². The molecule has 1 aliphatic heterocycles. The van der Waals surface area contributed by atoms with Crippen molar-refractivity contribution in [2.24, 2.45) is 0 Å². The number of ether oxygens (including phenoxy) is 2. The van der Waals surface area contributed by atoms with Crippen LogP contribution < -0.4 is 10.1 Å². The lowest BCUT2D eigenvalue weighted by atomic mass is 10.0. The van der Waals surface area contributed by atoms with Crippen molar-refractivity contribution in [2.75, 3.05) is 13.1 Å². The maximum atomic E-state index is 13.5. The molecule has 1 saturated heterocycles. The molecule has 36 heavy (non-hydrogen) atoms. The normalized spacial score (nSPS) is 16.6. The van der Waals surface area contributed by atoms with E-state index in [1.807, 2.05) is 12.1 Å². The first-order chi connectivity index (χ1) is 17.0. The topological polar surface area (TPSA) is 80.8 Å². The second kappa shape index (κ2) is 10.3. The summed E-state index contributed by atoms with van der Waals surface area (Å²) in [5.41, 5.74) is 1.60. The van der Waals surface area contributed by atoms with Crippen molar-refractivity contribution >= 4 is 34.5 Å². The van der Waals surface area contributed by atoms with Crippen molar-refractivity contribution < 1.29 is 23.5 Å². The van der Waals surface area contributed by atoms with Gasteiger partial charge in [0.25, 0.3) is 5.91 Å². The number of benzene rings is 2. The van der Waals surface area contributed by atoms with Crippen LogP contribution in [0.1, 0.15) is 34.1 Å². The number of alkyl carbamates (subject to hydrolysis) is 1. The average Bonchev–Trinajstić information content (AvgIpc) is 3.25. The minimum absolute atomic E-state index is 0.164. The van der Waals surface area contributed by atoms with Crippen LogP contribution in [-0.2, 0) is 9.53 Å². The fraction of sp³-hybridized carbons (Fsp3) is 0.370. The highest BCUT2D eigenvalue weighted by Crippen LogP contribution is 2.34. The molecule has 4 rings (SSSR count). The van der Waals surface area contributed by atoms with Gasteiger partial charge in [-0.25, -0.2) is 9.18 Å². The van der Waals surface area contributed by atoms with Crippen LogP contribution in [0.5, 0.6) is 5.75 Å². The lowest BCUT2D eigenvalue weighted by Crippen LogP contribution is -2.43. The van der Waals surface area contributed by atoms with Crippen molar-refractivity contribution in [3.63, 3.8) is 0 Å². The molecule has 0 spiro atoms. The highest BCUT2D eigenvalue weighted by atomic mass is 35.5. The number of fused-ring (bicyclic) bond motifs is 1. The summed E-state index contributed by atoms with van der Waals surface area (Å²) >= 11 is 6.27. The van der Waals surface area contributed by atoms with Crippen LogP contribution in [0.4, 0.5) is 9.18 Å². The molecule has 0 saturated carbocycles. The van der Waals surface area contributed by atoms with Gasteiger partial charge in [-0.3, -0.25) is 9.78 Å². The first-order valence-electron chi connectivity index (χ1n) is 11.8. The summed E-state index contributed by atoms with van der Waals surface area (Å²) in [5.74, 6) is -0.0642. The van der Waals surface area contributed by atoms with E-state index in [9.17, 15) is 14.0 Å². The largest absolute Gasteiger partial charge is 0.481 e. The Hall–Kier alpha value is -3.39. The van der Waals surface area contributed by atoms with Crippen molar-refractivity contribution in [1.29, 1.82) is 0 Å². The summed E-state index contributed by atoms with van der Waals surface area (Å²) in [6, 6.07) is 11.3. The maximum absolute atomic E-state index is 13.5. The van der Waals surface area contributed by atoms with Crippen LogP contribution in [0.2, 0.25) is 5.02 Å². The van der Waals surface area contributed by atoms with Crippen LogP contribution in [0.3, 0.4) is 0 Å². The summed E-state index contributed by atoms with van der Waals surface area (Å²) in [6.07, 6.45) is 1.08. The molecule has 0 unspecified atom stereocenters. The average molecular weight is 514 g/mol. The van der Waals surface area contributed by atoms with E-state index in [2.05, 4.69) is 10.3 Å². The van der Waals surface area contributed by atoms with Crippen molar-refractivity contribution in [1.82, 2.24) is 15.2 Å². The van der Waals surface area contributed by atoms with Gasteiger partial charge in [0.15, 0.2) is 6.10 Å².